The number of nitrogens with one attached hydrogen (secondary N) is 1. The number of quaternary nitrogens is 1. The maximum atomic E-state index is 13.7. The maximum absolute atomic E-state index is 13.7. The van der Waals surface area contributed by atoms with Crippen LogP contribution in [0.4, 0.5) is 15.3 Å². The van der Waals surface area contributed by atoms with Crippen molar-refractivity contribution in [2.45, 2.75) is 89.5 Å². The van der Waals surface area contributed by atoms with Crippen LogP contribution in [0, 0.1) is 5.41 Å². The van der Waals surface area contributed by atoms with Crippen LogP contribution in [0.5, 0.6) is 5.75 Å². The summed E-state index contributed by atoms with van der Waals surface area (Å²) in [4.78, 5) is 46.9. The molecule has 3 amide bonds. The summed E-state index contributed by atoms with van der Waals surface area (Å²) in [5.74, 6) is -0.0634. The minimum atomic E-state index is -1.09. The van der Waals surface area contributed by atoms with Crippen molar-refractivity contribution in [2.24, 2.45) is 5.41 Å². The predicted molar refractivity (Wildman–Crippen MR) is 181 cm³/mol. The smallest absolute Gasteiger partial charge is 0.506 e. The van der Waals surface area contributed by atoms with E-state index in [-0.39, 0.29) is 46.8 Å². The van der Waals surface area contributed by atoms with Crippen LogP contribution in [0.25, 0.3) is 0 Å². The molecule has 2 aromatic carbocycles. The second kappa shape index (κ2) is 13.4. The monoisotopic (exact) mass is 666 g/mol. The van der Waals surface area contributed by atoms with Crippen molar-refractivity contribution in [1.82, 2.24) is 14.7 Å². The molecule has 0 aliphatic carbocycles. The number of benzene rings is 2. The lowest BCUT2D eigenvalue weighted by atomic mass is 9.80. The van der Waals surface area contributed by atoms with E-state index in [9.17, 15) is 24.6 Å². The maximum Gasteiger partial charge on any atom is 0.515 e. The third-order valence-corrected chi connectivity index (χ3v) is 12.1. The second-order valence-electron chi connectivity index (χ2n) is 14.9. The number of para-hydroxylation sites is 1. The average Bonchev–Trinajstić information content (AvgIpc) is 3.22. The Kier molecular flexibility index (Phi) is 9.60. The van der Waals surface area contributed by atoms with Crippen molar-refractivity contribution in [3.8, 4) is 5.75 Å². The molecule has 0 saturated carbocycles. The number of carboxylic acid groups (broad SMARTS) is 1. The Balaban J connectivity index is 1.34. The van der Waals surface area contributed by atoms with Gasteiger partial charge >= 0.3 is 12.1 Å². The van der Waals surface area contributed by atoms with Gasteiger partial charge < -0.3 is 30.1 Å². The molecule has 2 aromatic rings. The Morgan fingerprint density at radius 1 is 1.04 bits per heavy atom. The number of piperidine rings is 3. The SMILES string of the molecule is CC1(C)CCN(C2CCN(C3(CC=O)CC(N4CCc5ccccc5NC4=O)CC[N@+]3(Cc3ccc(O)c(Cl)c3)C(=O)O)CC2)CC1. The van der Waals surface area contributed by atoms with Gasteiger partial charge in [0.05, 0.1) is 18.0 Å². The summed E-state index contributed by atoms with van der Waals surface area (Å²) >= 11 is 6.31. The molecule has 3 saturated heterocycles. The molecule has 254 valence electrons. The second-order valence-corrected chi connectivity index (χ2v) is 15.3. The number of carbonyl (C=O) groups is 3. The Hall–Kier alpha value is -3.18. The first-order valence-electron chi connectivity index (χ1n) is 17.1. The molecule has 10 nitrogen and oxygen atoms in total. The van der Waals surface area contributed by atoms with E-state index in [0.29, 0.717) is 55.9 Å². The van der Waals surface area contributed by atoms with Gasteiger partial charge in [0, 0.05) is 55.8 Å². The van der Waals surface area contributed by atoms with Crippen molar-refractivity contribution >= 4 is 35.7 Å². The number of fused-ring (bicyclic) bond motifs is 1. The Morgan fingerprint density at radius 3 is 2.45 bits per heavy atom. The number of urea groups is 1. The fourth-order valence-electron chi connectivity index (χ4n) is 8.83. The third-order valence-electron chi connectivity index (χ3n) is 11.7. The molecule has 0 spiro atoms. The number of phenolic OH excluding ortho intramolecular Hbond substituents is 1. The Labute approximate surface area is 282 Å². The summed E-state index contributed by atoms with van der Waals surface area (Å²) in [7, 11) is 0. The van der Waals surface area contributed by atoms with E-state index in [1.54, 1.807) is 12.1 Å². The van der Waals surface area contributed by atoms with E-state index in [2.05, 4.69) is 29.0 Å². The van der Waals surface area contributed by atoms with Crippen molar-refractivity contribution < 1.29 is 29.1 Å². The highest BCUT2D eigenvalue weighted by Gasteiger charge is 2.64. The first-order valence-corrected chi connectivity index (χ1v) is 17.5. The molecule has 0 radical (unpaired) electrons. The van der Waals surface area contributed by atoms with Crippen molar-refractivity contribution in [3.63, 3.8) is 0 Å². The van der Waals surface area contributed by atoms with E-state index < -0.39 is 11.8 Å². The largest absolute Gasteiger partial charge is 0.515 e. The van der Waals surface area contributed by atoms with E-state index in [1.165, 1.54) is 18.9 Å². The van der Waals surface area contributed by atoms with Crippen LogP contribution in [0.3, 0.4) is 0 Å². The first-order chi connectivity index (χ1) is 22.5. The molecule has 0 aromatic heterocycles. The van der Waals surface area contributed by atoms with Gasteiger partial charge in [-0.05, 0) is 80.4 Å². The predicted octanol–water partition coefficient (Wildman–Crippen LogP) is 6.16. The summed E-state index contributed by atoms with van der Waals surface area (Å²) in [6.45, 7) is 9.02. The molecule has 11 heteroatoms. The highest BCUT2D eigenvalue weighted by molar-refractivity contribution is 6.32. The number of rotatable bonds is 7. The third kappa shape index (κ3) is 6.49. The van der Waals surface area contributed by atoms with Gasteiger partial charge in [-0.1, -0.05) is 43.6 Å². The fraction of sp³-hybridized carbons (Fsp3) is 0.583. The van der Waals surface area contributed by atoms with Crippen LogP contribution < -0.4 is 5.32 Å². The van der Waals surface area contributed by atoms with Crippen molar-refractivity contribution in [2.75, 3.05) is 44.6 Å². The molecule has 4 heterocycles. The highest BCUT2D eigenvalue weighted by Crippen LogP contribution is 2.46. The zero-order chi connectivity index (χ0) is 33.4. The minimum Gasteiger partial charge on any atom is -0.506 e. The van der Waals surface area contributed by atoms with Crippen molar-refractivity contribution in [1.29, 1.82) is 0 Å². The molecule has 6 rings (SSSR count). The average molecular weight is 667 g/mol. The molecular formula is C36H49ClN5O5+. The number of aldehydes is 1. The van der Waals surface area contributed by atoms with Crippen LogP contribution in [-0.2, 0) is 17.8 Å². The molecule has 4 aliphatic rings. The molecular weight excluding hydrogens is 618 g/mol. The number of amides is 3. The van der Waals surface area contributed by atoms with Gasteiger partial charge in [-0.3, -0.25) is 4.90 Å². The summed E-state index contributed by atoms with van der Waals surface area (Å²) in [5.41, 5.74) is 1.82. The molecule has 3 atom stereocenters. The molecule has 2 unspecified atom stereocenters. The van der Waals surface area contributed by atoms with Gasteiger partial charge in [-0.15, -0.1) is 0 Å². The number of hydrogen-bond acceptors (Lipinski definition) is 6. The minimum absolute atomic E-state index is 0.0276. The zero-order valence-electron chi connectivity index (χ0n) is 27.7. The highest BCUT2D eigenvalue weighted by atomic mass is 35.5. The topological polar surface area (TPSA) is 113 Å². The molecule has 4 aliphatic heterocycles. The molecule has 47 heavy (non-hydrogen) atoms. The number of halogens is 1. The Morgan fingerprint density at radius 2 is 1.77 bits per heavy atom. The lowest BCUT2D eigenvalue weighted by Crippen LogP contribution is -2.78. The fourth-order valence-corrected chi connectivity index (χ4v) is 9.03. The lowest BCUT2D eigenvalue weighted by Gasteiger charge is -2.59. The van der Waals surface area contributed by atoms with Crippen LogP contribution in [-0.4, -0.2) is 105 Å². The number of nitrogens with zero attached hydrogens (tertiary/aromatic N) is 4. The number of likely N-dealkylation sites (tertiary alicyclic amines) is 3. The number of anilines is 1. The summed E-state index contributed by atoms with van der Waals surface area (Å²) in [5, 5.41) is 24.6. The van der Waals surface area contributed by atoms with Gasteiger partial charge in [0.25, 0.3) is 0 Å². The summed E-state index contributed by atoms with van der Waals surface area (Å²) in [6.07, 6.45) is 5.56. The van der Waals surface area contributed by atoms with Gasteiger partial charge in [0.1, 0.15) is 18.6 Å². The lowest BCUT2D eigenvalue weighted by molar-refractivity contribution is -0.942. The quantitative estimate of drug-likeness (QED) is 0.240. The standard InChI is InChI=1S/C36H48ClN5O5/c1-35(2)13-19-39(20-14-35)28-10-16-40(17-11-28)36(15-22-43)24-29(41-18-9-27-5-3-4-6-31(27)38-33(41)45)12-21-42(36,34(46)47)25-26-7-8-32(44)30(37)23-26/h3-8,22-23,28-29H,9-21,24-25H2,1-2H3,(H2-,38,44,45,46,47)/p+1/t29?,36?,42-/m0/s1. The number of aromatic hydroxyl groups is 1. The zero-order valence-corrected chi connectivity index (χ0v) is 28.4. The van der Waals surface area contributed by atoms with Crippen molar-refractivity contribution in [3.05, 3.63) is 58.6 Å². The first kappa shape index (κ1) is 33.7. The number of carbonyl (C=O) groups excluding carboxylic acids is 2. The number of phenols is 1. The van der Waals surface area contributed by atoms with Gasteiger partial charge in [-0.25, -0.2) is 9.28 Å². The van der Waals surface area contributed by atoms with Crippen LogP contribution >= 0.6 is 11.6 Å². The molecule has 0 bridgehead atoms. The van der Waals surface area contributed by atoms with E-state index in [0.717, 1.165) is 43.5 Å². The molecule has 3 N–H and O–H groups in total. The van der Waals surface area contributed by atoms with Crippen LogP contribution in [0.1, 0.15) is 69.9 Å². The number of hydrogen-bond donors (Lipinski definition) is 3. The summed E-state index contributed by atoms with van der Waals surface area (Å²) in [6, 6.07) is 12.6. The van der Waals surface area contributed by atoms with Crippen LogP contribution in [0.2, 0.25) is 5.02 Å². The van der Waals surface area contributed by atoms with Gasteiger partial charge in [-0.2, -0.15) is 4.79 Å². The van der Waals surface area contributed by atoms with Gasteiger partial charge in [0.2, 0.25) is 0 Å². The molecule has 3 fully saturated rings. The van der Waals surface area contributed by atoms with E-state index >= 15 is 0 Å². The summed E-state index contributed by atoms with van der Waals surface area (Å²) < 4.78 is -0.360. The normalized spacial score (nSPS) is 29.0. The van der Waals surface area contributed by atoms with Crippen LogP contribution in [0.15, 0.2) is 42.5 Å². The Bertz CT molecular complexity index is 1490. The van der Waals surface area contributed by atoms with E-state index in [1.807, 2.05) is 29.2 Å². The van der Waals surface area contributed by atoms with Gasteiger partial charge in [0.15, 0.2) is 5.66 Å². The van der Waals surface area contributed by atoms with E-state index in [4.69, 9.17) is 11.6 Å².